The van der Waals surface area contributed by atoms with Crippen LogP contribution in [0.15, 0.2) is 18.2 Å². The summed E-state index contributed by atoms with van der Waals surface area (Å²) < 4.78 is 16.4. The summed E-state index contributed by atoms with van der Waals surface area (Å²) in [5, 5.41) is 0. The Morgan fingerprint density at radius 3 is 2.24 bits per heavy atom. The van der Waals surface area contributed by atoms with Gasteiger partial charge in [0.15, 0.2) is 0 Å². The van der Waals surface area contributed by atoms with Gasteiger partial charge in [-0.05, 0) is 44.0 Å². The first-order chi connectivity index (χ1) is 8.15. The van der Waals surface area contributed by atoms with Crippen molar-refractivity contribution in [2.45, 2.75) is 27.4 Å². The van der Waals surface area contributed by atoms with Gasteiger partial charge in [0.2, 0.25) is 0 Å². The van der Waals surface area contributed by atoms with Crippen LogP contribution in [0.25, 0.3) is 0 Å². The Morgan fingerprint density at radius 1 is 1.06 bits per heavy atom. The molecule has 1 rings (SSSR count). The van der Waals surface area contributed by atoms with Gasteiger partial charge in [-0.1, -0.05) is 6.07 Å². The number of hydrogen-bond donors (Lipinski definition) is 1. The number of aryl methyl sites for hydroxylation is 1. The molecule has 0 heterocycles. The highest BCUT2D eigenvalue weighted by Crippen LogP contribution is 2.12. The van der Waals surface area contributed by atoms with Crippen LogP contribution in [0.2, 0.25) is 0 Å². The molecule has 0 unspecified atom stereocenters. The number of anilines is 1. The zero-order chi connectivity index (χ0) is 12.7. The number of rotatable bonds is 7. The van der Waals surface area contributed by atoms with E-state index in [1.165, 1.54) is 0 Å². The molecule has 0 saturated carbocycles. The molecule has 0 aromatic heterocycles. The molecule has 1 aromatic rings. The van der Waals surface area contributed by atoms with Crippen molar-refractivity contribution in [1.29, 1.82) is 0 Å². The smallest absolute Gasteiger partial charge is 0.399 e. The summed E-state index contributed by atoms with van der Waals surface area (Å²) in [6.07, 6.45) is 0. The Kier molecular flexibility index (Phi) is 6.21. The van der Waals surface area contributed by atoms with Gasteiger partial charge in [-0.15, -0.1) is 0 Å². The molecular formula is C12H20NO3Si. The lowest BCUT2D eigenvalue weighted by molar-refractivity contribution is 0.0961. The van der Waals surface area contributed by atoms with Gasteiger partial charge in [0.25, 0.3) is 0 Å². The Hall–Kier alpha value is -0.883. The highest BCUT2D eigenvalue weighted by Gasteiger charge is 2.17. The first-order valence-electron chi connectivity index (χ1n) is 5.77. The van der Waals surface area contributed by atoms with Crippen LogP contribution in [0.5, 0.6) is 0 Å². The lowest BCUT2D eigenvalue weighted by Crippen LogP contribution is -2.27. The van der Waals surface area contributed by atoms with Crippen LogP contribution >= 0.6 is 0 Å². The van der Waals surface area contributed by atoms with Crippen LogP contribution in [0, 0.1) is 6.92 Å². The SMILES string of the molecule is CCO[Si](OCC)OCc1cc(C)cc(N)c1. The van der Waals surface area contributed by atoms with Crippen molar-refractivity contribution in [3.8, 4) is 0 Å². The first kappa shape index (κ1) is 14.2. The second kappa shape index (κ2) is 7.44. The summed E-state index contributed by atoms with van der Waals surface area (Å²) in [7, 11) is -1.61. The van der Waals surface area contributed by atoms with Crippen LogP contribution < -0.4 is 5.73 Å². The maximum Gasteiger partial charge on any atom is 0.578 e. The minimum atomic E-state index is -1.61. The average Bonchev–Trinajstić information content (AvgIpc) is 2.25. The van der Waals surface area contributed by atoms with E-state index >= 15 is 0 Å². The molecule has 0 bridgehead atoms. The molecule has 0 saturated heterocycles. The van der Waals surface area contributed by atoms with E-state index < -0.39 is 9.53 Å². The van der Waals surface area contributed by atoms with Gasteiger partial charge < -0.3 is 19.0 Å². The molecule has 1 aromatic carbocycles. The lowest BCUT2D eigenvalue weighted by atomic mass is 10.1. The average molecular weight is 254 g/mol. The van der Waals surface area contributed by atoms with E-state index in [2.05, 4.69) is 0 Å². The van der Waals surface area contributed by atoms with E-state index in [4.69, 9.17) is 19.0 Å². The third-order valence-corrected chi connectivity index (χ3v) is 3.47. The van der Waals surface area contributed by atoms with E-state index in [-0.39, 0.29) is 0 Å². The maximum absolute atomic E-state index is 5.77. The summed E-state index contributed by atoms with van der Waals surface area (Å²) in [4.78, 5) is 0. The van der Waals surface area contributed by atoms with E-state index in [0.717, 1.165) is 16.8 Å². The summed E-state index contributed by atoms with van der Waals surface area (Å²) in [6.45, 7) is 7.54. The van der Waals surface area contributed by atoms with Crippen molar-refractivity contribution in [2.24, 2.45) is 0 Å². The van der Waals surface area contributed by atoms with Crippen molar-refractivity contribution < 1.29 is 13.3 Å². The highest BCUT2D eigenvalue weighted by atomic mass is 28.3. The summed E-state index contributed by atoms with van der Waals surface area (Å²) >= 11 is 0. The largest absolute Gasteiger partial charge is 0.578 e. The monoisotopic (exact) mass is 254 g/mol. The van der Waals surface area contributed by atoms with Crippen LogP contribution in [0.1, 0.15) is 25.0 Å². The Morgan fingerprint density at radius 2 is 1.71 bits per heavy atom. The molecule has 0 amide bonds. The van der Waals surface area contributed by atoms with Gasteiger partial charge in [-0.2, -0.15) is 0 Å². The van der Waals surface area contributed by atoms with E-state index in [9.17, 15) is 0 Å². The molecule has 0 fully saturated rings. The van der Waals surface area contributed by atoms with E-state index in [1.807, 2.05) is 39.0 Å². The highest BCUT2D eigenvalue weighted by molar-refractivity contribution is 6.36. The third kappa shape index (κ3) is 5.32. The molecule has 0 aliphatic heterocycles. The van der Waals surface area contributed by atoms with E-state index in [1.54, 1.807) is 0 Å². The van der Waals surface area contributed by atoms with Crippen molar-refractivity contribution >= 4 is 15.2 Å². The predicted octanol–water partition coefficient (Wildman–Crippen LogP) is 2.15. The molecule has 0 aliphatic rings. The summed E-state index contributed by atoms with van der Waals surface area (Å²) in [6, 6.07) is 5.89. The topological polar surface area (TPSA) is 53.7 Å². The van der Waals surface area contributed by atoms with Gasteiger partial charge in [0.1, 0.15) is 0 Å². The lowest BCUT2D eigenvalue weighted by Gasteiger charge is -2.13. The molecule has 4 nitrogen and oxygen atoms in total. The van der Waals surface area contributed by atoms with Gasteiger partial charge in [0, 0.05) is 18.9 Å². The van der Waals surface area contributed by atoms with Crippen molar-refractivity contribution in [3.05, 3.63) is 29.3 Å². The molecule has 0 atom stereocenters. The molecule has 2 N–H and O–H groups in total. The first-order valence-corrected chi connectivity index (χ1v) is 6.99. The van der Waals surface area contributed by atoms with Crippen molar-refractivity contribution in [1.82, 2.24) is 0 Å². The van der Waals surface area contributed by atoms with Gasteiger partial charge in [-0.3, -0.25) is 0 Å². The number of benzene rings is 1. The third-order valence-electron chi connectivity index (χ3n) is 2.04. The van der Waals surface area contributed by atoms with Crippen LogP contribution in [0.4, 0.5) is 5.69 Å². The van der Waals surface area contributed by atoms with Gasteiger partial charge in [-0.25, -0.2) is 0 Å². The fourth-order valence-corrected chi connectivity index (χ4v) is 2.49. The fraction of sp³-hybridized carbons (Fsp3) is 0.500. The molecule has 1 radical (unpaired) electrons. The fourth-order valence-electron chi connectivity index (χ4n) is 1.48. The molecule has 17 heavy (non-hydrogen) atoms. The van der Waals surface area contributed by atoms with Gasteiger partial charge >= 0.3 is 9.53 Å². The maximum atomic E-state index is 5.77. The van der Waals surface area contributed by atoms with Crippen molar-refractivity contribution in [2.75, 3.05) is 18.9 Å². The molecule has 5 heteroatoms. The summed E-state index contributed by atoms with van der Waals surface area (Å²) in [5.74, 6) is 0. The zero-order valence-electron chi connectivity index (χ0n) is 10.7. The van der Waals surface area contributed by atoms with Crippen LogP contribution in [-0.2, 0) is 19.9 Å². The second-order valence-electron chi connectivity index (χ2n) is 3.66. The van der Waals surface area contributed by atoms with Gasteiger partial charge in [0.05, 0.1) is 6.61 Å². The normalized spacial score (nSPS) is 11.1. The summed E-state index contributed by atoms with van der Waals surface area (Å²) in [5.41, 5.74) is 8.70. The number of nitrogen functional groups attached to an aromatic ring is 1. The van der Waals surface area contributed by atoms with Crippen LogP contribution in [0.3, 0.4) is 0 Å². The van der Waals surface area contributed by atoms with Crippen molar-refractivity contribution in [3.63, 3.8) is 0 Å². The number of hydrogen-bond acceptors (Lipinski definition) is 4. The molecule has 0 spiro atoms. The molecule has 0 aliphatic carbocycles. The quantitative estimate of drug-likeness (QED) is 0.598. The number of nitrogens with two attached hydrogens (primary N) is 1. The Balaban J connectivity index is 2.52. The minimum absolute atomic E-state index is 0.472. The standard InChI is InChI=1S/C12H20NO3Si/c1-4-14-17(15-5-2)16-9-11-6-10(3)7-12(13)8-11/h6-8H,4-5,9,13H2,1-3H3. The van der Waals surface area contributed by atoms with E-state index in [0.29, 0.717) is 19.8 Å². The zero-order valence-corrected chi connectivity index (χ0v) is 11.7. The molecular weight excluding hydrogens is 234 g/mol. The Bertz CT molecular complexity index is 320. The second-order valence-corrected chi connectivity index (χ2v) is 5.02. The van der Waals surface area contributed by atoms with Crippen LogP contribution in [-0.4, -0.2) is 22.7 Å². The predicted molar refractivity (Wildman–Crippen MR) is 69.4 cm³/mol. The Labute approximate surface area is 105 Å². The molecule has 95 valence electrons. The minimum Gasteiger partial charge on any atom is -0.399 e.